The molecule has 0 amide bonds. The fraction of sp³-hybridized carbons (Fsp3) is 0.545. The number of nitrogens with two attached hydrogens (primary N) is 2. The van der Waals surface area contributed by atoms with Crippen LogP contribution in [0.4, 0.5) is 5.82 Å². The van der Waals surface area contributed by atoms with Crippen LogP contribution in [0.3, 0.4) is 0 Å². The van der Waals surface area contributed by atoms with Crippen molar-refractivity contribution in [1.29, 1.82) is 0 Å². The first-order valence-corrected chi connectivity index (χ1v) is 5.99. The van der Waals surface area contributed by atoms with Gasteiger partial charge in [0.1, 0.15) is 11.8 Å². The van der Waals surface area contributed by atoms with Crippen molar-refractivity contribution in [2.24, 2.45) is 5.73 Å². The van der Waals surface area contributed by atoms with Crippen molar-refractivity contribution < 1.29 is 4.74 Å². The van der Waals surface area contributed by atoms with Gasteiger partial charge in [0, 0.05) is 19.7 Å². The van der Waals surface area contributed by atoms with E-state index in [4.69, 9.17) is 16.2 Å². The molecule has 2 aromatic heterocycles. The van der Waals surface area contributed by atoms with Crippen molar-refractivity contribution in [3.63, 3.8) is 0 Å². The molecule has 2 heterocycles. The van der Waals surface area contributed by atoms with Gasteiger partial charge in [-0.15, -0.1) is 0 Å². The van der Waals surface area contributed by atoms with Gasteiger partial charge in [-0.1, -0.05) is 0 Å². The van der Waals surface area contributed by atoms with E-state index in [2.05, 4.69) is 15.0 Å². The molecule has 0 saturated carbocycles. The van der Waals surface area contributed by atoms with Crippen molar-refractivity contribution >= 4 is 17.0 Å². The van der Waals surface area contributed by atoms with E-state index in [1.807, 2.05) is 11.5 Å². The van der Waals surface area contributed by atoms with Crippen molar-refractivity contribution in [2.45, 2.75) is 26.0 Å². The molecule has 2 rings (SSSR count). The molecular weight excluding hydrogens is 232 g/mol. The summed E-state index contributed by atoms with van der Waals surface area (Å²) in [6.07, 6.45) is 4.04. The van der Waals surface area contributed by atoms with Gasteiger partial charge in [0.05, 0.1) is 12.4 Å². The molecule has 0 spiro atoms. The first kappa shape index (κ1) is 12.7. The number of imidazole rings is 1. The van der Waals surface area contributed by atoms with Crippen molar-refractivity contribution in [3.05, 3.63) is 12.7 Å². The lowest BCUT2D eigenvalue weighted by molar-refractivity contribution is 0.0601. The predicted molar refractivity (Wildman–Crippen MR) is 68.8 cm³/mol. The maximum Gasteiger partial charge on any atom is 0.165 e. The molecule has 0 radical (unpaired) electrons. The highest BCUT2D eigenvalue weighted by molar-refractivity contribution is 5.80. The Hall–Kier alpha value is -1.73. The van der Waals surface area contributed by atoms with Crippen molar-refractivity contribution in [1.82, 2.24) is 19.5 Å². The summed E-state index contributed by atoms with van der Waals surface area (Å²) in [5, 5.41) is 0. The Morgan fingerprint density at radius 3 is 2.94 bits per heavy atom. The van der Waals surface area contributed by atoms with Crippen LogP contribution in [0.1, 0.15) is 13.3 Å². The molecule has 0 bridgehead atoms. The lowest BCUT2D eigenvalue weighted by atomic mass is 10.2. The number of aromatic nitrogens is 4. The maximum absolute atomic E-state index is 5.73. The van der Waals surface area contributed by atoms with Crippen LogP contribution in [0.2, 0.25) is 0 Å². The number of anilines is 1. The average Bonchev–Trinajstić information content (AvgIpc) is 2.79. The minimum absolute atomic E-state index is 0.0617. The van der Waals surface area contributed by atoms with Crippen LogP contribution in [-0.2, 0) is 11.3 Å². The molecular formula is C11H18N6O. The van der Waals surface area contributed by atoms with Gasteiger partial charge in [0.2, 0.25) is 0 Å². The standard InChI is InChI=1S/C11H18N6O/c1-2-18-8(5-12)3-4-17-7-16-9-10(13)14-6-15-11(9)17/h6-8H,2-5,12H2,1H3,(H2,13,14,15). The van der Waals surface area contributed by atoms with Crippen molar-refractivity contribution in [2.75, 3.05) is 18.9 Å². The molecule has 98 valence electrons. The Labute approximate surface area is 105 Å². The van der Waals surface area contributed by atoms with E-state index in [1.54, 1.807) is 6.33 Å². The third-order valence-electron chi connectivity index (χ3n) is 2.79. The molecule has 18 heavy (non-hydrogen) atoms. The van der Waals surface area contributed by atoms with Gasteiger partial charge >= 0.3 is 0 Å². The van der Waals surface area contributed by atoms with Crippen LogP contribution in [0, 0.1) is 0 Å². The van der Waals surface area contributed by atoms with Gasteiger partial charge in [-0.05, 0) is 13.3 Å². The van der Waals surface area contributed by atoms with Crippen LogP contribution < -0.4 is 11.5 Å². The Kier molecular flexibility index (Phi) is 4.06. The van der Waals surface area contributed by atoms with Crippen LogP contribution in [0.5, 0.6) is 0 Å². The second kappa shape index (κ2) is 5.74. The highest BCUT2D eigenvalue weighted by Gasteiger charge is 2.10. The lowest BCUT2D eigenvalue weighted by Gasteiger charge is -2.14. The quantitative estimate of drug-likeness (QED) is 0.756. The van der Waals surface area contributed by atoms with Gasteiger partial charge in [0.15, 0.2) is 11.5 Å². The second-order valence-corrected chi connectivity index (χ2v) is 3.97. The molecule has 7 heteroatoms. The van der Waals surface area contributed by atoms with Gasteiger partial charge < -0.3 is 20.8 Å². The molecule has 0 aliphatic carbocycles. The number of nitrogen functional groups attached to an aromatic ring is 1. The third kappa shape index (κ3) is 2.57. The number of nitrogens with zero attached hydrogens (tertiary/aromatic N) is 4. The first-order chi connectivity index (χ1) is 8.76. The third-order valence-corrected chi connectivity index (χ3v) is 2.79. The summed E-state index contributed by atoms with van der Waals surface area (Å²) in [6.45, 7) is 3.89. The Morgan fingerprint density at radius 1 is 1.39 bits per heavy atom. The fourth-order valence-corrected chi connectivity index (χ4v) is 1.85. The number of hydrogen-bond acceptors (Lipinski definition) is 6. The summed E-state index contributed by atoms with van der Waals surface area (Å²) in [5.41, 5.74) is 12.7. The largest absolute Gasteiger partial charge is 0.382 e. The highest BCUT2D eigenvalue weighted by atomic mass is 16.5. The first-order valence-electron chi connectivity index (χ1n) is 5.99. The summed E-state index contributed by atoms with van der Waals surface area (Å²) in [7, 11) is 0. The monoisotopic (exact) mass is 250 g/mol. The zero-order valence-corrected chi connectivity index (χ0v) is 10.4. The maximum atomic E-state index is 5.73. The normalized spacial score (nSPS) is 13.0. The molecule has 4 N–H and O–H groups in total. The number of rotatable bonds is 6. The van der Waals surface area contributed by atoms with E-state index in [0.29, 0.717) is 24.5 Å². The highest BCUT2D eigenvalue weighted by Crippen LogP contribution is 2.14. The van der Waals surface area contributed by atoms with E-state index in [0.717, 1.165) is 18.6 Å². The van der Waals surface area contributed by atoms with Crippen molar-refractivity contribution in [3.8, 4) is 0 Å². The van der Waals surface area contributed by atoms with E-state index in [9.17, 15) is 0 Å². The summed E-state index contributed by atoms with van der Waals surface area (Å²) < 4.78 is 7.45. The summed E-state index contributed by atoms with van der Waals surface area (Å²) in [5.74, 6) is 0.402. The summed E-state index contributed by atoms with van der Waals surface area (Å²) >= 11 is 0. The van der Waals surface area contributed by atoms with E-state index in [-0.39, 0.29) is 6.10 Å². The molecule has 1 unspecified atom stereocenters. The zero-order chi connectivity index (χ0) is 13.0. The fourth-order valence-electron chi connectivity index (χ4n) is 1.85. The van der Waals surface area contributed by atoms with Gasteiger partial charge in [0.25, 0.3) is 0 Å². The van der Waals surface area contributed by atoms with Crippen LogP contribution in [0.25, 0.3) is 11.2 Å². The molecule has 2 aromatic rings. The van der Waals surface area contributed by atoms with Gasteiger partial charge in [-0.2, -0.15) is 0 Å². The molecule has 0 aromatic carbocycles. The molecule has 1 atom stereocenters. The molecule has 0 aliphatic heterocycles. The molecule has 0 fully saturated rings. The Morgan fingerprint density at radius 2 is 2.22 bits per heavy atom. The van der Waals surface area contributed by atoms with Gasteiger partial charge in [-0.25, -0.2) is 15.0 Å². The molecule has 0 aliphatic rings. The lowest BCUT2D eigenvalue weighted by Crippen LogP contribution is -2.25. The smallest absolute Gasteiger partial charge is 0.165 e. The summed E-state index contributed by atoms with van der Waals surface area (Å²) in [6, 6.07) is 0. The number of aryl methyl sites for hydroxylation is 1. The minimum atomic E-state index is 0.0617. The molecule has 0 saturated heterocycles. The second-order valence-electron chi connectivity index (χ2n) is 3.97. The summed E-state index contributed by atoms with van der Waals surface area (Å²) in [4.78, 5) is 12.3. The number of fused-ring (bicyclic) bond motifs is 1. The van der Waals surface area contributed by atoms with E-state index >= 15 is 0 Å². The zero-order valence-electron chi connectivity index (χ0n) is 10.4. The molecule has 7 nitrogen and oxygen atoms in total. The van der Waals surface area contributed by atoms with Crippen LogP contribution in [0.15, 0.2) is 12.7 Å². The average molecular weight is 250 g/mol. The minimum Gasteiger partial charge on any atom is -0.382 e. The van der Waals surface area contributed by atoms with E-state index in [1.165, 1.54) is 6.33 Å². The number of ether oxygens (including phenoxy) is 1. The van der Waals surface area contributed by atoms with Crippen LogP contribution in [-0.4, -0.2) is 38.8 Å². The topological polar surface area (TPSA) is 105 Å². The Bertz CT molecular complexity index is 511. The van der Waals surface area contributed by atoms with Crippen LogP contribution >= 0.6 is 0 Å². The Balaban J connectivity index is 2.10. The SMILES string of the molecule is CCOC(CN)CCn1cnc2c(N)ncnc21. The predicted octanol–water partition coefficient (Wildman–Crippen LogP) is 0.162. The van der Waals surface area contributed by atoms with E-state index < -0.39 is 0 Å². The van der Waals surface area contributed by atoms with Gasteiger partial charge in [-0.3, -0.25) is 0 Å². The number of hydrogen-bond donors (Lipinski definition) is 2.